The molecule has 0 saturated carbocycles. The first kappa shape index (κ1) is 21.6. The fourth-order valence-electron chi connectivity index (χ4n) is 2.95. The lowest BCUT2D eigenvalue weighted by atomic mass is 10.2. The van der Waals surface area contributed by atoms with E-state index in [4.69, 9.17) is 0 Å². The number of benzene rings is 2. The van der Waals surface area contributed by atoms with Crippen LogP contribution in [0, 0.1) is 0 Å². The van der Waals surface area contributed by atoms with Gasteiger partial charge in [-0.1, -0.05) is 48.2 Å². The van der Waals surface area contributed by atoms with Crippen molar-refractivity contribution in [3.05, 3.63) is 72.7 Å². The van der Waals surface area contributed by atoms with Crippen molar-refractivity contribution in [2.75, 3.05) is 5.75 Å². The normalized spacial score (nSPS) is 11.5. The van der Waals surface area contributed by atoms with E-state index in [0.717, 1.165) is 5.69 Å². The van der Waals surface area contributed by atoms with E-state index < -0.39 is 6.36 Å². The zero-order chi connectivity index (χ0) is 22.6. The number of nitrogens with zero attached hydrogens (tertiary/aromatic N) is 4. The van der Waals surface area contributed by atoms with Gasteiger partial charge in [0.15, 0.2) is 5.65 Å². The molecule has 0 saturated heterocycles. The summed E-state index contributed by atoms with van der Waals surface area (Å²) in [6.07, 6.45) is -1.78. The van der Waals surface area contributed by atoms with Crippen molar-refractivity contribution < 1.29 is 22.7 Å². The second-order valence-electron chi connectivity index (χ2n) is 6.53. The molecule has 0 fully saturated rings. The molecule has 4 aromatic rings. The summed E-state index contributed by atoms with van der Waals surface area (Å²) >= 11 is 1.19. The highest BCUT2D eigenvalue weighted by atomic mass is 32.2. The molecule has 4 rings (SSSR count). The summed E-state index contributed by atoms with van der Waals surface area (Å²) in [6, 6.07) is 15.1. The monoisotopic (exact) mass is 459 g/mol. The van der Waals surface area contributed by atoms with Crippen LogP contribution in [0.3, 0.4) is 0 Å². The number of aromatic nitrogens is 4. The Hall–Kier alpha value is -3.60. The van der Waals surface area contributed by atoms with E-state index in [0.29, 0.717) is 16.1 Å². The maximum absolute atomic E-state index is 12.5. The van der Waals surface area contributed by atoms with Crippen LogP contribution in [-0.4, -0.2) is 37.8 Å². The minimum Gasteiger partial charge on any atom is -0.405 e. The van der Waals surface area contributed by atoms with Gasteiger partial charge < -0.3 is 10.1 Å². The number of alkyl halides is 3. The van der Waals surface area contributed by atoms with E-state index in [-0.39, 0.29) is 29.5 Å². The van der Waals surface area contributed by atoms with Crippen molar-refractivity contribution in [3.63, 3.8) is 0 Å². The summed E-state index contributed by atoms with van der Waals surface area (Å²) in [4.78, 5) is 20.8. The summed E-state index contributed by atoms with van der Waals surface area (Å²) in [7, 11) is 0. The number of ether oxygens (including phenoxy) is 1. The molecule has 2 heterocycles. The highest BCUT2D eigenvalue weighted by Crippen LogP contribution is 2.27. The van der Waals surface area contributed by atoms with Crippen LogP contribution >= 0.6 is 11.8 Å². The Morgan fingerprint density at radius 2 is 1.81 bits per heavy atom. The lowest BCUT2D eigenvalue weighted by molar-refractivity contribution is -0.274. The molecule has 164 valence electrons. The van der Waals surface area contributed by atoms with E-state index in [9.17, 15) is 18.0 Å². The Balaban J connectivity index is 1.41. The van der Waals surface area contributed by atoms with Crippen molar-refractivity contribution in [3.8, 4) is 11.4 Å². The SMILES string of the molecule is O=C(CSc1ncnc2c1cnn2-c1ccccc1)NCc1ccccc1OC(F)(F)F. The average molecular weight is 459 g/mol. The fourth-order valence-corrected chi connectivity index (χ4v) is 3.74. The molecular formula is C21H16F3N5O2S. The molecule has 7 nitrogen and oxygen atoms in total. The van der Waals surface area contributed by atoms with Crippen LogP contribution in [0.1, 0.15) is 5.56 Å². The number of carbonyl (C=O) groups excluding carboxylic acids is 1. The van der Waals surface area contributed by atoms with Crippen molar-refractivity contribution in [2.45, 2.75) is 17.9 Å². The molecule has 2 aromatic heterocycles. The molecule has 1 N–H and O–H groups in total. The zero-order valence-corrected chi connectivity index (χ0v) is 17.2. The Morgan fingerprint density at radius 3 is 2.59 bits per heavy atom. The first-order valence-corrected chi connectivity index (χ1v) is 10.4. The van der Waals surface area contributed by atoms with Gasteiger partial charge in [0, 0.05) is 12.1 Å². The Kier molecular flexibility index (Phi) is 6.26. The number of amides is 1. The first-order valence-electron chi connectivity index (χ1n) is 9.38. The number of carbonyl (C=O) groups is 1. The number of hydrogen-bond acceptors (Lipinski definition) is 6. The number of hydrogen-bond donors (Lipinski definition) is 1. The molecule has 1 amide bonds. The molecule has 0 bridgehead atoms. The van der Waals surface area contributed by atoms with Crippen molar-refractivity contribution in [1.29, 1.82) is 0 Å². The number of para-hydroxylation sites is 2. The maximum Gasteiger partial charge on any atom is 0.573 e. The van der Waals surface area contributed by atoms with Crippen LogP contribution in [0.15, 0.2) is 72.1 Å². The second kappa shape index (κ2) is 9.27. The predicted octanol–water partition coefficient (Wildman–Crippen LogP) is 4.12. The largest absolute Gasteiger partial charge is 0.573 e. The summed E-state index contributed by atoms with van der Waals surface area (Å²) in [5.41, 5.74) is 1.67. The molecular weight excluding hydrogens is 443 g/mol. The third-order valence-corrected chi connectivity index (χ3v) is 5.35. The number of fused-ring (bicyclic) bond motifs is 1. The highest BCUT2D eigenvalue weighted by Gasteiger charge is 2.32. The van der Waals surface area contributed by atoms with Gasteiger partial charge in [-0.3, -0.25) is 4.79 Å². The van der Waals surface area contributed by atoms with Gasteiger partial charge in [0.05, 0.1) is 23.0 Å². The standard InChI is InChI=1S/C21H16F3N5O2S/c22-21(23,24)31-17-9-5-4-6-14(17)10-25-18(30)12-32-20-16-11-28-29(19(16)26-13-27-20)15-7-2-1-3-8-15/h1-9,11,13H,10,12H2,(H,25,30). The number of halogens is 3. The molecule has 0 aliphatic rings. The highest BCUT2D eigenvalue weighted by molar-refractivity contribution is 8.00. The van der Waals surface area contributed by atoms with Crippen LogP contribution in [0.25, 0.3) is 16.7 Å². The lowest BCUT2D eigenvalue weighted by Gasteiger charge is -2.13. The van der Waals surface area contributed by atoms with E-state index in [2.05, 4.69) is 25.1 Å². The first-order chi connectivity index (χ1) is 15.4. The van der Waals surface area contributed by atoms with Crippen LogP contribution < -0.4 is 10.1 Å². The van der Waals surface area contributed by atoms with Crippen LogP contribution in [0.4, 0.5) is 13.2 Å². The van der Waals surface area contributed by atoms with Gasteiger partial charge in [-0.2, -0.15) is 5.10 Å². The number of nitrogens with one attached hydrogen (secondary N) is 1. The fraction of sp³-hybridized carbons (Fsp3) is 0.143. The van der Waals surface area contributed by atoms with E-state index in [1.165, 1.54) is 36.3 Å². The lowest BCUT2D eigenvalue weighted by Crippen LogP contribution is -2.25. The van der Waals surface area contributed by atoms with E-state index >= 15 is 0 Å². The van der Waals surface area contributed by atoms with Gasteiger partial charge in [0.25, 0.3) is 0 Å². The van der Waals surface area contributed by atoms with Crippen LogP contribution in [-0.2, 0) is 11.3 Å². The molecule has 0 unspecified atom stereocenters. The summed E-state index contributed by atoms with van der Waals surface area (Å²) in [5.74, 6) is -0.692. The maximum atomic E-state index is 12.5. The smallest absolute Gasteiger partial charge is 0.405 e. The zero-order valence-electron chi connectivity index (χ0n) is 16.4. The number of thioether (sulfide) groups is 1. The third kappa shape index (κ3) is 5.17. The molecule has 11 heteroatoms. The summed E-state index contributed by atoms with van der Waals surface area (Å²) in [6.45, 7) is -0.100. The Morgan fingerprint density at radius 1 is 1.06 bits per heavy atom. The summed E-state index contributed by atoms with van der Waals surface area (Å²) in [5, 5.41) is 8.24. The van der Waals surface area contributed by atoms with Crippen LogP contribution in [0.5, 0.6) is 5.75 Å². The predicted molar refractivity (Wildman–Crippen MR) is 112 cm³/mol. The molecule has 0 aliphatic heterocycles. The topological polar surface area (TPSA) is 81.9 Å². The van der Waals surface area contributed by atoms with Gasteiger partial charge in [-0.25, -0.2) is 14.6 Å². The van der Waals surface area contributed by atoms with Gasteiger partial charge >= 0.3 is 6.36 Å². The Labute approximate surface area is 184 Å². The quantitative estimate of drug-likeness (QED) is 0.331. The molecule has 0 spiro atoms. The van der Waals surface area contributed by atoms with Crippen molar-refractivity contribution >= 4 is 28.7 Å². The third-order valence-electron chi connectivity index (χ3n) is 4.34. The summed E-state index contributed by atoms with van der Waals surface area (Å²) < 4.78 is 43.3. The second-order valence-corrected chi connectivity index (χ2v) is 7.49. The van der Waals surface area contributed by atoms with E-state index in [1.807, 2.05) is 30.3 Å². The average Bonchev–Trinajstić information content (AvgIpc) is 3.21. The van der Waals surface area contributed by atoms with Gasteiger partial charge in [-0.05, 0) is 18.2 Å². The minimum absolute atomic E-state index is 0.0188. The molecule has 32 heavy (non-hydrogen) atoms. The van der Waals surface area contributed by atoms with Gasteiger partial charge in [0.2, 0.25) is 5.91 Å². The van der Waals surface area contributed by atoms with Crippen molar-refractivity contribution in [1.82, 2.24) is 25.1 Å². The van der Waals surface area contributed by atoms with Gasteiger partial charge in [0.1, 0.15) is 17.1 Å². The van der Waals surface area contributed by atoms with Crippen LogP contribution in [0.2, 0.25) is 0 Å². The number of rotatable bonds is 7. The van der Waals surface area contributed by atoms with E-state index in [1.54, 1.807) is 16.9 Å². The minimum atomic E-state index is -4.81. The molecule has 0 atom stereocenters. The van der Waals surface area contributed by atoms with Crippen molar-refractivity contribution in [2.24, 2.45) is 0 Å². The molecule has 0 aliphatic carbocycles. The Bertz CT molecular complexity index is 1230. The van der Waals surface area contributed by atoms with Gasteiger partial charge in [-0.15, -0.1) is 13.2 Å². The molecule has 0 radical (unpaired) electrons. The molecule has 2 aromatic carbocycles.